The quantitative estimate of drug-likeness (QED) is 0.504. The van der Waals surface area contributed by atoms with Crippen molar-refractivity contribution in [3.05, 3.63) is 90.5 Å². The maximum atomic E-state index is 13.4. The lowest BCUT2D eigenvalue weighted by atomic mass is 10.2. The molecule has 1 aliphatic heterocycles. The first kappa shape index (κ1) is 26.8. The average Bonchev–Trinajstić information content (AvgIpc) is 2.89. The Hall–Kier alpha value is -3.26. The van der Waals surface area contributed by atoms with Gasteiger partial charge in [0.25, 0.3) is 0 Å². The van der Waals surface area contributed by atoms with Crippen LogP contribution in [0.1, 0.15) is 5.56 Å². The molecule has 3 aromatic carbocycles. The molecule has 1 saturated heterocycles. The van der Waals surface area contributed by atoms with E-state index in [2.05, 4.69) is 5.32 Å². The predicted molar refractivity (Wildman–Crippen MR) is 129 cm³/mol. The minimum atomic E-state index is -4.57. The number of anilines is 1. The standard InChI is InChI=1S/C24H22F3N3O5S2/c25-24(26,27)18-11-13-19(14-12-18)28-23(31)22-17-29(36(32,33)20-7-3-1-4-8-20)15-16-30(22)37(34,35)21-9-5-2-6-10-21/h1-14,22H,15-17H2,(H,28,31)/t22-/m0/s1. The molecule has 0 unspecified atom stereocenters. The van der Waals surface area contributed by atoms with Crippen molar-refractivity contribution in [1.29, 1.82) is 0 Å². The fraction of sp³-hybridized carbons (Fsp3) is 0.208. The Labute approximate surface area is 212 Å². The highest BCUT2D eigenvalue weighted by atomic mass is 32.2. The normalized spacial score (nSPS) is 17.9. The summed E-state index contributed by atoms with van der Waals surface area (Å²) >= 11 is 0. The molecule has 1 amide bonds. The Kier molecular flexibility index (Phi) is 7.42. The molecule has 0 bridgehead atoms. The number of nitrogens with zero attached hydrogens (tertiary/aromatic N) is 2. The molecule has 1 fully saturated rings. The molecule has 3 aromatic rings. The monoisotopic (exact) mass is 553 g/mol. The van der Waals surface area contributed by atoms with Gasteiger partial charge in [-0.15, -0.1) is 0 Å². The zero-order valence-electron chi connectivity index (χ0n) is 19.2. The van der Waals surface area contributed by atoms with E-state index >= 15 is 0 Å². The molecular weight excluding hydrogens is 531 g/mol. The third kappa shape index (κ3) is 5.69. The van der Waals surface area contributed by atoms with Crippen LogP contribution in [-0.2, 0) is 31.0 Å². The lowest BCUT2D eigenvalue weighted by molar-refractivity contribution is -0.137. The number of benzene rings is 3. The highest BCUT2D eigenvalue weighted by molar-refractivity contribution is 7.89. The fourth-order valence-electron chi connectivity index (χ4n) is 3.90. The van der Waals surface area contributed by atoms with Gasteiger partial charge in [0.05, 0.1) is 15.4 Å². The zero-order valence-corrected chi connectivity index (χ0v) is 20.8. The lowest BCUT2D eigenvalue weighted by Gasteiger charge is -2.38. The summed E-state index contributed by atoms with van der Waals surface area (Å²) in [6.07, 6.45) is -4.57. The number of hydrogen-bond acceptors (Lipinski definition) is 5. The molecule has 1 N–H and O–H groups in total. The molecule has 13 heteroatoms. The van der Waals surface area contributed by atoms with Crippen molar-refractivity contribution < 1.29 is 34.8 Å². The number of halogens is 3. The van der Waals surface area contributed by atoms with Gasteiger partial charge in [-0.1, -0.05) is 36.4 Å². The number of nitrogens with one attached hydrogen (secondary N) is 1. The Bertz CT molecular complexity index is 1470. The molecule has 0 aromatic heterocycles. The van der Waals surface area contributed by atoms with E-state index in [0.717, 1.165) is 32.9 Å². The number of piperazine rings is 1. The second-order valence-electron chi connectivity index (χ2n) is 8.19. The van der Waals surface area contributed by atoms with Gasteiger partial charge in [0.1, 0.15) is 6.04 Å². The van der Waals surface area contributed by atoms with Crippen molar-refractivity contribution >= 4 is 31.6 Å². The molecule has 1 atom stereocenters. The largest absolute Gasteiger partial charge is 0.416 e. The summed E-state index contributed by atoms with van der Waals surface area (Å²) in [5, 5.41) is 2.42. The van der Waals surface area contributed by atoms with Crippen LogP contribution in [-0.4, -0.2) is 57.0 Å². The van der Waals surface area contributed by atoms with E-state index in [4.69, 9.17) is 0 Å². The Morgan fingerprint density at radius 2 is 1.27 bits per heavy atom. The van der Waals surface area contributed by atoms with E-state index < -0.39 is 50.3 Å². The number of sulfonamides is 2. The second kappa shape index (κ2) is 10.2. The van der Waals surface area contributed by atoms with Crippen molar-refractivity contribution in [2.24, 2.45) is 0 Å². The predicted octanol–water partition coefficient (Wildman–Crippen LogP) is 3.41. The first-order valence-corrected chi connectivity index (χ1v) is 13.9. The number of carbonyl (C=O) groups excluding carboxylic acids is 1. The molecule has 0 spiro atoms. The van der Waals surface area contributed by atoms with Crippen LogP contribution < -0.4 is 5.32 Å². The van der Waals surface area contributed by atoms with Gasteiger partial charge >= 0.3 is 6.18 Å². The Morgan fingerprint density at radius 3 is 1.78 bits per heavy atom. The van der Waals surface area contributed by atoms with Gasteiger partial charge < -0.3 is 5.32 Å². The molecular formula is C24H22F3N3O5S2. The van der Waals surface area contributed by atoms with Crippen LogP contribution in [0.15, 0.2) is 94.7 Å². The molecule has 196 valence electrons. The topological polar surface area (TPSA) is 104 Å². The number of rotatable bonds is 6. The SMILES string of the molecule is O=C(Nc1ccc(C(F)(F)F)cc1)[C@@H]1CN(S(=O)(=O)c2ccccc2)CCN1S(=O)(=O)c1ccccc1. The van der Waals surface area contributed by atoms with Crippen molar-refractivity contribution in [2.45, 2.75) is 22.0 Å². The lowest BCUT2D eigenvalue weighted by Crippen LogP contribution is -2.60. The summed E-state index contributed by atoms with van der Waals surface area (Å²) in [6, 6.07) is 17.0. The minimum absolute atomic E-state index is 0.00176. The summed E-state index contributed by atoms with van der Waals surface area (Å²) < 4.78 is 93.8. The van der Waals surface area contributed by atoms with Gasteiger partial charge in [-0.2, -0.15) is 21.8 Å². The van der Waals surface area contributed by atoms with Gasteiger partial charge in [-0.3, -0.25) is 4.79 Å². The van der Waals surface area contributed by atoms with E-state index in [1.165, 1.54) is 48.5 Å². The van der Waals surface area contributed by atoms with Crippen LogP contribution in [0.5, 0.6) is 0 Å². The van der Waals surface area contributed by atoms with E-state index in [-0.39, 0.29) is 28.6 Å². The fourth-order valence-corrected chi connectivity index (χ4v) is 6.95. The molecule has 8 nitrogen and oxygen atoms in total. The van der Waals surface area contributed by atoms with Crippen molar-refractivity contribution in [2.75, 3.05) is 25.0 Å². The molecule has 0 aliphatic carbocycles. The van der Waals surface area contributed by atoms with E-state index in [1.807, 2.05) is 0 Å². The van der Waals surface area contributed by atoms with Gasteiger partial charge in [-0.25, -0.2) is 16.8 Å². The first-order chi connectivity index (χ1) is 17.4. The highest BCUT2D eigenvalue weighted by Crippen LogP contribution is 2.30. The summed E-state index contributed by atoms with van der Waals surface area (Å²) in [6.45, 7) is -1.00. The first-order valence-electron chi connectivity index (χ1n) is 11.0. The van der Waals surface area contributed by atoms with E-state index in [9.17, 15) is 34.8 Å². The molecule has 1 aliphatic rings. The number of alkyl halides is 3. The molecule has 1 heterocycles. The van der Waals surface area contributed by atoms with Gasteiger partial charge in [0.15, 0.2) is 0 Å². The van der Waals surface area contributed by atoms with Gasteiger partial charge in [0, 0.05) is 25.3 Å². The minimum Gasteiger partial charge on any atom is -0.325 e. The van der Waals surface area contributed by atoms with Crippen LogP contribution in [0, 0.1) is 0 Å². The third-order valence-electron chi connectivity index (χ3n) is 5.81. The van der Waals surface area contributed by atoms with Crippen molar-refractivity contribution in [3.63, 3.8) is 0 Å². The number of hydrogen-bond donors (Lipinski definition) is 1. The summed E-state index contributed by atoms with van der Waals surface area (Å²) in [5.74, 6) is -0.882. The summed E-state index contributed by atoms with van der Waals surface area (Å²) in [4.78, 5) is 13.2. The second-order valence-corrected chi connectivity index (χ2v) is 12.0. The van der Waals surface area contributed by atoms with E-state index in [0.29, 0.717) is 0 Å². The summed E-state index contributed by atoms with van der Waals surface area (Å²) in [7, 11) is -8.26. The van der Waals surface area contributed by atoms with Gasteiger partial charge in [0.2, 0.25) is 26.0 Å². The Balaban J connectivity index is 1.66. The van der Waals surface area contributed by atoms with Crippen molar-refractivity contribution in [3.8, 4) is 0 Å². The van der Waals surface area contributed by atoms with Crippen LogP contribution >= 0.6 is 0 Å². The highest BCUT2D eigenvalue weighted by Gasteiger charge is 2.43. The molecule has 37 heavy (non-hydrogen) atoms. The van der Waals surface area contributed by atoms with Crippen LogP contribution in [0.3, 0.4) is 0 Å². The van der Waals surface area contributed by atoms with Crippen LogP contribution in [0.2, 0.25) is 0 Å². The smallest absolute Gasteiger partial charge is 0.325 e. The number of amides is 1. The van der Waals surface area contributed by atoms with Crippen LogP contribution in [0.25, 0.3) is 0 Å². The molecule has 4 rings (SSSR count). The van der Waals surface area contributed by atoms with E-state index in [1.54, 1.807) is 12.1 Å². The Morgan fingerprint density at radius 1 is 0.757 bits per heavy atom. The third-order valence-corrected chi connectivity index (χ3v) is 9.61. The summed E-state index contributed by atoms with van der Waals surface area (Å²) in [5.41, 5.74) is -0.922. The maximum Gasteiger partial charge on any atom is 0.416 e. The van der Waals surface area contributed by atoms with Crippen LogP contribution in [0.4, 0.5) is 18.9 Å². The van der Waals surface area contributed by atoms with Crippen molar-refractivity contribution in [1.82, 2.24) is 8.61 Å². The van der Waals surface area contributed by atoms with Gasteiger partial charge in [-0.05, 0) is 48.5 Å². The molecule has 0 radical (unpaired) electrons. The number of carbonyl (C=O) groups is 1. The average molecular weight is 554 g/mol. The zero-order chi connectivity index (χ0) is 26.8. The maximum absolute atomic E-state index is 13.4. The molecule has 0 saturated carbocycles.